The maximum atomic E-state index is 14.4. The summed E-state index contributed by atoms with van der Waals surface area (Å²) in [4.78, 5) is 4.09. The van der Waals surface area contributed by atoms with Crippen LogP contribution in [0.4, 0.5) is 18.9 Å². The lowest BCUT2D eigenvalue weighted by atomic mass is 9.91. The Labute approximate surface area is 508 Å². The molecule has 0 aliphatic carbocycles. The van der Waals surface area contributed by atoms with E-state index in [1.165, 1.54) is 101 Å². The van der Waals surface area contributed by atoms with E-state index in [-0.39, 0.29) is 0 Å². The minimum atomic E-state index is -4.50. The molecule has 0 spiro atoms. The number of fused-ring (bicyclic) bond motifs is 6. The summed E-state index contributed by atoms with van der Waals surface area (Å²) in [5.41, 5.74) is 33.1. The smallest absolute Gasteiger partial charge is 0.309 e. The number of alkyl halides is 3. The molecule has 3 nitrogen and oxygen atoms in total. The summed E-state index contributed by atoms with van der Waals surface area (Å²) in [6.07, 6.45) is -4.50. The first-order valence-electron chi connectivity index (χ1n) is 29.9. The fraction of sp³-hybridized carbons (Fsp3) is 0.173. The monoisotopic (exact) mass is 1140 g/mol. The highest BCUT2D eigenvalue weighted by Crippen LogP contribution is 2.47. The van der Waals surface area contributed by atoms with Gasteiger partial charge in [0.05, 0.1) is 45.6 Å². The molecule has 0 saturated carbocycles. The molecule has 0 N–H and O–H groups in total. The predicted octanol–water partition coefficient (Wildman–Crippen LogP) is 23.5. The summed E-state index contributed by atoms with van der Waals surface area (Å²) in [7, 11) is 0. The van der Waals surface area contributed by atoms with Crippen molar-refractivity contribution in [1.29, 1.82) is 0 Å². The number of halogens is 3. The number of benzene rings is 11. The third-order valence-corrected chi connectivity index (χ3v) is 18.1. The second-order valence-electron chi connectivity index (χ2n) is 24.8. The van der Waals surface area contributed by atoms with E-state index in [2.05, 4.69) is 237 Å². The summed E-state index contributed by atoms with van der Waals surface area (Å²) in [5.74, 6) is 0. The van der Waals surface area contributed by atoms with Gasteiger partial charge >= 0.3 is 6.18 Å². The van der Waals surface area contributed by atoms with E-state index in [1.807, 2.05) is 18.2 Å². The van der Waals surface area contributed by atoms with Gasteiger partial charge in [-0.3, -0.25) is 0 Å². The van der Waals surface area contributed by atoms with Crippen LogP contribution in [0.1, 0.15) is 77.9 Å². The van der Waals surface area contributed by atoms with Crippen LogP contribution >= 0.6 is 0 Å². The van der Waals surface area contributed by atoms with Crippen LogP contribution in [-0.4, -0.2) is 9.13 Å². The molecule has 428 valence electrons. The van der Waals surface area contributed by atoms with E-state index in [0.29, 0.717) is 16.8 Å². The van der Waals surface area contributed by atoms with Crippen molar-refractivity contribution < 1.29 is 13.2 Å². The second kappa shape index (κ2) is 21.1. The van der Waals surface area contributed by atoms with E-state index in [0.717, 1.165) is 93.9 Å². The first-order valence-corrected chi connectivity index (χ1v) is 29.9. The molecule has 0 aliphatic heterocycles. The van der Waals surface area contributed by atoms with Gasteiger partial charge in [0.1, 0.15) is 0 Å². The van der Waals surface area contributed by atoms with E-state index >= 15 is 0 Å². The van der Waals surface area contributed by atoms with Gasteiger partial charge in [-0.15, -0.1) is 0 Å². The minimum absolute atomic E-state index is 0.479. The average molecular weight is 1140 g/mol. The number of hydrogen-bond acceptors (Lipinski definition) is 0. The molecule has 0 unspecified atom stereocenters. The second-order valence-corrected chi connectivity index (χ2v) is 24.8. The van der Waals surface area contributed by atoms with Crippen molar-refractivity contribution in [3.8, 4) is 78.1 Å². The van der Waals surface area contributed by atoms with Crippen LogP contribution in [0.25, 0.3) is 127 Å². The minimum Gasteiger partial charge on any atom is -0.309 e. The molecule has 87 heavy (non-hydrogen) atoms. The van der Waals surface area contributed by atoms with Gasteiger partial charge in [0.25, 0.3) is 0 Å². The first kappa shape index (κ1) is 56.4. The molecular formula is C81H68F3N3. The average Bonchev–Trinajstić information content (AvgIpc) is 1.76. The molecule has 0 fully saturated rings. The van der Waals surface area contributed by atoms with Crippen LogP contribution in [0, 0.1) is 96.6 Å². The Hall–Kier alpha value is -9.70. The highest BCUT2D eigenvalue weighted by atomic mass is 19.4. The molecule has 13 aromatic rings. The van der Waals surface area contributed by atoms with Crippen LogP contribution in [0.3, 0.4) is 0 Å². The van der Waals surface area contributed by atoms with Crippen molar-refractivity contribution in [3.05, 3.63) is 265 Å². The van der Waals surface area contributed by atoms with Crippen molar-refractivity contribution in [3.63, 3.8) is 0 Å². The van der Waals surface area contributed by atoms with E-state index in [9.17, 15) is 13.2 Å². The number of hydrogen-bond donors (Lipinski definition) is 0. The molecule has 6 heteroatoms. The van der Waals surface area contributed by atoms with Crippen LogP contribution in [0.15, 0.2) is 176 Å². The van der Waals surface area contributed by atoms with Crippen LogP contribution in [0.5, 0.6) is 0 Å². The topological polar surface area (TPSA) is 14.2 Å². The first-order chi connectivity index (χ1) is 41.5. The number of aromatic nitrogens is 2. The summed E-state index contributed by atoms with van der Waals surface area (Å²) < 4.78 is 47.8. The highest BCUT2D eigenvalue weighted by molar-refractivity contribution is 6.14. The number of aryl methyl sites for hydroxylation is 13. The molecule has 0 radical (unpaired) electrons. The quantitative estimate of drug-likeness (QED) is 0.135. The lowest BCUT2D eigenvalue weighted by Crippen LogP contribution is -2.05. The van der Waals surface area contributed by atoms with Gasteiger partial charge in [0.15, 0.2) is 5.69 Å². The van der Waals surface area contributed by atoms with Crippen molar-refractivity contribution in [2.24, 2.45) is 0 Å². The van der Waals surface area contributed by atoms with Gasteiger partial charge in [-0.25, -0.2) is 4.85 Å². The van der Waals surface area contributed by atoms with Gasteiger partial charge in [-0.2, -0.15) is 13.2 Å². The lowest BCUT2D eigenvalue weighted by Gasteiger charge is -2.21. The normalized spacial score (nSPS) is 11.9. The van der Waals surface area contributed by atoms with Crippen LogP contribution < -0.4 is 0 Å². The predicted molar refractivity (Wildman–Crippen MR) is 361 cm³/mol. The van der Waals surface area contributed by atoms with Gasteiger partial charge in [-0.05, 0) is 280 Å². The standard InChI is InChI=1S/C81H68F3N3/c1-44-29-49(6)77(50(7)30-44)58-16-24-71-66(38-58)67-39-59(78-51(8)31-45(2)32-52(78)9)17-25-72(67)86(71)75-28-21-63(85-14)43-70(75)65-22-15-57(64-23-20-62(37-48(64)5)81(82,83)84)42-76(65)87-73-26-18-60(79-53(10)33-46(3)34-54(79)11)40-68(73)69-41-61(19-27-74(69)87)80-55(12)35-47(4)36-56(80)13/h15-43H,1-13H3. The summed E-state index contributed by atoms with van der Waals surface area (Å²) in [6, 6.07) is 61.7. The zero-order valence-corrected chi connectivity index (χ0v) is 51.7. The maximum Gasteiger partial charge on any atom is 0.416 e. The Balaban J connectivity index is 1.14. The highest BCUT2D eigenvalue weighted by Gasteiger charge is 2.31. The summed E-state index contributed by atoms with van der Waals surface area (Å²) in [5, 5.41) is 4.34. The SMILES string of the molecule is [C-]#[N+]c1ccc(-n2c3ccc(-c4c(C)cc(C)cc4C)cc3c3cc(-c4c(C)cc(C)cc4C)ccc32)c(-c2ccc(-c3ccc(C(F)(F)F)cc3C)cc2-n2c3ccc(-c4c(C)cc(C)cc4C)cc3c3cc(-c4c(C)cc(C)cc4C)ccc32)c1. The van der Waals surface area contributed by atoms with Gasteiger partial charge in [-0.1, -0.05) is 119 Å². The molecule has 0 amide bonds. The third-order valence-electron chi connectivity index (χ3n) is 18.1. The Morgan fingerprint density at radius 1 is 0.299 bits per heavy atom. The fourth-order valence-electron chi connectivity index (χ4n) is 15.0. The zero-order chi connectivity index (χ0) is 61.2. The van der Waals surface area contributed by atoms with Crippen molar-refractivity contribution in [1.82, 2.24) is 9.13 Å². The molecule has 11 aromatic carbocycles. The summed E-state index contributed by atoms with van der Waals surface area (Å²) in [6.45, 7) is 36.4. The molecule has 0 bridgehead atoms. The molecule has 0 atom stereocenters. The van der Waals surface area contributed by atoms with E-state index in [1.54, 1.807) is 13.0 Å². The Morgan fingerprint density at radius 2 is 0.632 bits per heavy atom. The van der Waals surface area contributed by atoms with Crippen molar-refractivity contribution in [2.75, 3.05) is 0 Å². The lowest BCUT2D eigenvalue weighted by molar-refractivity contribution is -0.137. The number of nitrogens with zero attached hydrogens (tertiary/aromatic N) is 3. The molecule has 0 saturated heterocycles. The van der Waals surface area contributed by atoms with E-state index in [4.69, 9.17) is 6.57 Å². The Kier molecular flexibility index (Phi) is 13.7. The zero-order valence-electron chi connectivity index (χ0n) is 51.7. The largest absolute Gasteiger partial charge is 0.416 e. The molecule has 2 aromatic heterocycles. The fourth-order valence-corrected chi connectivity index (χ4v) is 15.0. The van der Waals surface area contributed by atoms with Gasteiger partial charge < -0.3 is 9.13 Å². The maximum absolute atomic E-state index is 14.4. The number of rotatable bonds is 8. The third kappa shape index (κ3) is 9.62. The Bertz CT molecular complexity index is 4800. The molecular weight excluding hydrogens is 1070 g/mol. The Morgan fingerprint density at radius 3 is 0.966 bits per heavy atom. The molecule has 0 aliphatic rings. The summed E-state index contributed by atoms with van der Waals surface area (Å²) >= 11 is 0. The van der Waals surface area contributed by atoms with Crippen LogP contribution in [-0.2, 0) is 6.18 Å². The van der Waals surface area contributed by atoms with Crippen LogP contribution in [0.2, 0.25) is 0 Å². The molecule has 13 rings (SSSR count). The van der Waals surface area contributed by atoms with Gasteiger partial charge in [0.2, 0.25) is 0 Å². The molecule has 2 heterocycles. The van der Waals surface area contributed by atoms with E-state index < -0.39 is 11.7 Å². The van der Waals surface area contributed by atoms with Crippen molar-refractivity contribution >= 4 is 49.3 Å². The van der Waals surface area contributed by atoms with Gasteiger partial charge in [0, 0.05) is 27.1 Å². The van der Waals surface area contributed by atoms with Crippen molar-refractivity contribution in [2.45, 2.75) is 96.2 Å².